The van der Waals surface area contributed by atoms with Gasteiger partial charge in [0.1, 0.15) is 0 Å². The second-order valence-corrected chi connectivity index (χ2v) is 6.08. The van der Waals surface area contributed by atoms with Gasteiger partial charge in [0.15, 0.2) is 11.5 Å². The van der Waals surface area contributed by atoms with Gasteiger partial charge in [-0.2, -0.15) is 0 Å². The van der Waals surface area contributed by atoms with Crippen molar-refractivity contribution >= 4 is 0 Å². The summed E-state index contributed by atoms with van der Waals surface area (Å²) in [6.45, 7) is 7.76. The van der Waals surface area contributed by atoms with Crippen molar-refractivity contribution in [3.8, 4) is 11.5 Å². The third kappa shape index (κ3) is 6.73. The second-order valence-electron chi connectivity index (χ2n) is 6.08. The van der Waals surface area contributed by atoms with Crippen LogP contribution >= 0.6 is 0 Å². The van der Waals surface area contributed by atoms with Gasteiger partial charge >= 0.3 is 0 Å². The van der Waals surface area contributed by atoms with Gasteiger partial charge in [-0.15, -0.1) is 0 Å². The Morgan fingerprint density at radius 3 is 1.20 bits per heavy atom. The van der Waals surface area contributed by atoms with E-state index in [1.807, 2.05) is 27.7 Å². The molecule has 0 bridgehead atoms. The summed E-state index contributed by atoms with van der Waals surface area (Å²) in [5.74, 6) is 0.0835. The van der Waals surface area contributed by atoms with Crippen LogP contribution < -0.4 is 10.9 Å². The van der Waals surface area contributed by atoms with Gasteiger partial charge in [-0.3, -0.25) is 9.59 Å². The number of aromatic hydroxyl groups is 2. The van der Waals surface area contributed by atoms with Crippen molar-refractivity contribution in [1.29, 1.82) is 0 Å². The molecule has 0 saturated carbocycles. The summed E-state index contributed by atoms with van der Waals surface area (Å²) in [5, 5.41) is 18.8. The largest absolute Gasteiger partial charge is 0.504 e. The van der Waals surface area contributed by atoms with Crippen molar-refractivity contribution in [2.45, 2.75) is 39.5 Å². The van der Waals surface area contributed by atoms with Gasteiger partial charge in [-0.25, -0.2) is 0 Å². The Kier molecular flexibility index (Phi) is 9.80. The van der Waals surface area contributed by atoms with Gasteiger partial charge in [0.05, 0.1) is 0 Å². The van der Waals surface area contributed by atoms with E-state index in [9.17, 15) is 19.8 Å². The van der Waals surface area contributed by atoms with E-state index in [4.69, 9.17) is 0 Å². The van der Waals surface area contributed by atoms with E-state index in [1.165, 1.54) is 12.1 Å². The molecule has 0 heterocycles. The first-order valence-corrected chi connectivity index (χ1v) is 7.90. The third-order valence-electron chi connectivity index (χ3n) is 3.53. The van der Waals surface area contributed by atoms with Crippen LogP contribution in [0.3, 0.4) is 0 Å². The smallest absolute Gasteiger partial charge is 0.220 e. The predicted molar refractivity (Wildman–Crippen MR) is 96.9 cm³/mol. The number of rotatable bonds is 2. The van der Waals surface area contributed by atoms with E-state index in [1.54, 1.807) is 36.4 Å². The van der Waals surface area contributed by atoms with Crippen molar-refractivity contribution in [2.24, 2.45) is 0 Å². The molecule has 5 heteroatoms. The maximum Gasteiger partial charge on any atom is 0.220 e. The zero-order chi connectivity index (χ0) is 18.3. The zero-order valence-electron chi connectivity index (χ0n) is 14.8. The fraction of sp³-hybridized carbons (Fsp3) is 0.300. The first-order chi connectivity index (χ1) is 11.3. The van der Waals surface area contributed by atoms with Gasteiger partial charge in [0.2, 0.25) is 10.9 Å². The first kappa shape index (κ1) is 22.9. The molecule has 0 saturated heterocycles. The SMILES string of the molecule is CC(C)c1ccccc(=O)c1O.CC(C)c1ccccc(=O)c1O.[Cu]. The molecule has 0 spiro atoms. The Morgan fingerprint density at radius 2 is 0.920 bits per heavy atom. The molecule has 2 N–H and O–H groups in total. The van der Waals surface area contributed by atoms with Gasteiger partial charge in [-0.05, 0) is 24.0 Å². The first-order valence-electron chi connectivity index (χ1n) is 7.90. The van der Waals surface area contributed by atoms with Gasteiger partial charge in [0.25, 0.3) is 0 Å². The van der Waals surface area contributed by atoms with E-state index in [-0.39, 0.29) is 51.3 Å². The van der Waals surface area contributed by atoms with E-state index in [0.717, 1.165) is 0 Å². The van der Waals surface area contributed by atoms with Crippen molar-refractivity contribution in [2.75, 3.05) is 0 Å². The predicted octanol–water partition coefficient (Wildman–Crippen LogP) is 3.75. The molecular weight excluding hydrogens is 368 g/mol. The molecule has 1 radical (unpaired) electrons. The molecule has 0 atom stereocenters. The van der Waals surface area contributed by atoms with E-state index >= 15 is 0 Å². The third-order valence-corrected chi connectivity index (χ3v) is 3.53. The number of hydrogen-bond donors (Lipinski definition) is 2. The van der Waals surface area contributed by atoms with E-state index < -0.39 is 0 Å². The minimum absolute atomic E-state index is 0. The Bertz CT molecular complexity index is 733. The van der Waals surface area contributed by atoms with Crippen LogP contribution in [-0.2, 0) is 17.1 Å². The standard InChI is InChI=1S/2C10H12O2.Cu/c2*1-7(2)8-5-3-4-6-9(11)10(8)12;/h2*3-7H,1-2H3,(H,11,12);. The molecule has 2 aromatic rings. The second kappa shape index (κ2) is 10.7. The minimum Gasteiger partial charge on any atom is -0.504 e. The van der Waals surface area contributed by atoms with Gasteiger partial charge < -0.3 is 10.2 Å². The van der Waals surface area contributed by atoms with Crippen molar-refractivity contribution < 1.29 is 27.3 Å². The summed E-state index contributed by atoms with van der Waals surface area (Å²) in [6.07, 6.45) is 0. The van der Waals surface area contributed by atoms with Crippen LogP contribution in [0.4, 0.5) is 0 Å². The van der Waals surface area contributed by atoms with Crippen LogP contribution in [-0.4, -0.2) is 10.2 Å². The molecule has 25 heavy (non-hydrogen) atoms. The molecule has 0 amide bonds. The van der Waals surface area contributed by atoms with Crippen LogP contribution in [0.2, 0.25) is 0 Å². The molecule has 4 nitrogen and oxygen atoms in total. The molecule has 0 aromatic heterocycles. The molecule has 0 aliphatic rings. The van der Waals surface area contributed by atoms with E-state index in [2.05, 4.69) is 0 Å². The number of hydrogen-bond acceptors (Lipinski definition) is 4. The fourth-order valence-corrected chi connectivity index (χ4v) is 2.14. The Hall–Kier alpha value is -2.10. The van der Waals surface area contributed by atoms with Crippen LogP contribution in [0.15, 0.2) is 58.1 Å². The van der Waals surface area contributed by atoms with Crippen LogP contribution in [0.5, 0.6) is 11.5 Å². The summed E-state index contributed by atoms with van der Waals surface area (Å²) in [5.41, 5.74) is 0.766. The monoisotopic (exact) mass is 391 g/mol. The molecule has 0 aliphatic heterocycles. The quantitative estimate of drug-likeness (QED) is 0.764. The Labute approximate surface area is 158 Å². The van der Waals surface area contributed by atoms with Crippen molar-refractivity contribution in [1.82, 2.24) is 0 Å². The normalized spacial score (nSPS) is 9.84. The molecular formula is C20H24CuO4. The van der Waals surface area contributed by atoms with Crippen LogP contribution in [0.25, 0.3) is 0 Å². The van der Waals surface area contributed by atoms with Gasteiger partial charge in [0, 0.05) is 28.2 Å². The fourth-order valence-electron chi connectivity index (χ4n) is 2.14. The molecule has 0 aliphatic carbocycles. The molecule has 0 unspecified atom stereocenters. The molecule has 139 valence electrons. The zero-order valence-corrected chi connectivity index (χ0v) is 15.7. The maximum atomic E-state index is 11.1. The Morgan fingerprint density at radius 1 is 0.640 bits per heavy atom. The summed E-state index contributed by atoms with van der Waals surface area (Å²) in [6, 6.07) is 13.0. The van der Waals surface area contributed by atoms with Gasteiger partial charge in [-0.1, -0.05) is 64.1 Å². The van der Waals surface area contributed by atoms with E-state index in [0.29, 0.717) is 11.1 Å². The molecule has 2 aromatic carbocycles. The summed E-state index contributed by atoms with van der Waals surface area (Å²) in [4.78, 5) is 22.2. The van der Waals surface area contributed by atoms with Crippen LogP contribution in [0, 0.1) is 0 Å². The average Bonchev–Trinajstić information content (AvgIpc) is 2.78. The van der Waals surface area contributed by atoms with Crippen molar-refractivity contribution in [3.63, 3.8) is 0 Å². The van der Waals surface area contributed by atoms with Crippen molar-refractivity contribution in [3.05, 3.63) is 80.1 Å². The molecule has 2 rings (SSSR count). The Balaban J connectivity index is 0.000000443. The average molecular weight is 392 g/mol. The summed E-state index contributed by atoms with van der Waals surface area (Å²) < 4.78 is 0. The molecule has 0 fully saturated rings. The van der Waals surface area contributed by atoms with Crippen LogP contribution in [0.1, 0.15) is 50.7 Å². The minimum atomic E-state index is -0.316. The topological polar surface area (TPSA) is 74.6 Å². The summed E-state index contributed by atoms with van der Waals surface area (Å²) in [7, 11) is 0. The maximum absolute atomic E-state index is 11.1. The summed E-state index contributed by atoms with van der Waals surface area (Å²) >= 11 is 0.